The van der Waals surface area contributed by atoms with E-state index in [0.29, 0.717) is 0 Å². The van der Waals surface area contributed by atoms with Crippen molar-refractivity contribution in [1.82, 2.24) is 0 Å². The lowest BCUT2D eigenvalue weighted by Crippen LogP contribution is -2.11. The molecule has 0 aliphatic rings. The van der Waals surface area contributed by atoms with Gasteiger partial charge in [-0.2, -0.15) is 14.0 Å². The standard InChI is InChI=1S/C10H6BrF2NO3/c11-3-5-1-2-6(4-14)7(9(15)16)8(5)17-10(12)13/h1-2,10H,3H2,(H,15,16). The number of rotatable bonds is 4. The van der Waals surface area contributed by atoms with E-state index in [9.17, 15) is 13.6 Å². The van der Waals surface area contributed by atoms with Crippen molar-refractivity contribution < 1.29 is 23.4 Å². The number of aromatic carboxylic acids is 1. The Balaban J connectivity index is 3.48. The lowest BCUT2D eigenvalue weighted by Gasteiger charge is -2.12. The van der Waals surface area contributed by atoms with Crippen LogP contribution in [-0.4, -0.2) is 17.7 Å². The van der Waals surface area contributed by atoms with Crippen molar-refractivity contribution in [1.29, 1.82) is 5.26 Å². The molecular formula is C10H6BrF2NO3. The highest BCUT2D eigenvalue weighted by molar-refractivity contribution is 9.08. The minimum atomic E-state index is -3.15. The highest BCUT2D eigenvalue weighted by Gasteiger charge is 2.22. The minimum absolute atomic E-state index is 0.140. The Labute approximate surface area is 104 Å². The van der Waals surface area contributed by atoms with E-state index in [0.717, 1.165) is 0 Å². The van der Waals surface area contributed by atoms with Gasteiger partial charge in [-0.1, -0.05) is 22.0 Å². The summed E-state index contributed by atoms with van der Waals surface area (Å²) in [5.41, 5.74) is -0.538. The smallest absolute Gasteiger partial charge is 0.387 e. The average molecular weight is 306 g/mol. The second-order valence-corrected chi connectivity index (χ2v) is 3.47. The van der Waals surface area contributed by atoms with Crippen LogP contribution in [0.15, 0.2) is 12.1 Å². The third-order valence-corrected chi connectivity index (χ3v) is 2.53. The number of nitriles is 1. The van der Waals surface area contributed by atoms with Crippen molar-refractivity contribution in [3.8, 4) is 11.8 Å². The molecule has 4 nitrogen and oxygen atoms in total. The lowest BCUT2D eigenvalue weighted by atomic mass is 10.0. The quantitative estimate of drug-likeness (QED) is 0.868. The average Bonchev–Trinajstić information content (AvgIpc) is 2.27. The van der Waals surface area contributed by atoms with Crippen molar-refractivity contribution in [3.05, 3.63) is 28.8 Å². The van der Waals surface area contributed by atoms with Gasteiger partial charge in [-0.3, -0.25) is 0 Å². The summed E-state index contributed by atoms with van der Waals surface area (Å²) in [5.74, 6) is -1.97. The maximum absolute atomic E-state index is 12.2. The third-order valence-electron chi connectivity index (χ3n) is 1.92. The Hall–Kier alpha value is -1.68. The second kappa shape index (κ2) is 5.59. The van der Waals surface area contributed by atoms with E-state index < -0.39 is 23.9 Å². The number of carbonyl (C=O) groups is 1. The summed E-state index contributed by atoms with van der Waals surface area (Å²) in [6.45, 7) is -3.15. The molecule has 0 aliphatic carbocycles. The van der Waals surface area contributed by atoms with Crippen molar-refractivity contribution in [2.45, 2.75) is 11.9 Å². The first-order valence-electron chi connectivity index (χ1n) is 4.31. The van der Waals surface area contributed by atoms with Crippen LogP contribution in [0.4, 0.5) is 8.78 Å². The highest BCUT2D eigenvalue weighted by atomic mass is 79.9. The van der Waals surface area contributed by atoms with Gasteiger partial charge in [0.2, 0.25) is 0 Å². The summed E-state index contributed by atoms with van der Waals surface area (Å²) in [7, 11) is 0. The summed E-state index contributed by atoms with van der Waals surface area (Å²) in [6.07, 6.45) is 0. The zero-order chi connectivity index (χ0) is 13.0. The van der Waals surface area contributed by atoms with Gasteiger partial charge in [-0.15, -0.1) is 0 Å². The first-order valence-corrected chi connectivity index (χ1v) is 5.43. The predicted octanol–water partition coefficient (Wildman–Crippen LogP) is 2.75. The fourth-order valence-corrected chi connectivity index (χ4v) is 1.70. The predicted molar refractivity (Wildman–Crippen MR) is 57.4 cm³/mol. The fourth-order valence-electron chi connectivity index (χ4n) is 1.26. The number of benzene rings is 1. The molecule has 0 radical (unpaired) electrons. The van der Waals surface area contributed by atoms with E-state index in [4.69, 9.17) is 10.4 Å². The molecule has 90 valence electrons. The number of nitrogens with zero attached hydrogens (tertiary/aromatic N) is 1. The molecule has 0 spiro atoms. The van der Waals surface area contributed by atoms with Gasteiger partial charge in [0, 0.05) is 10.9 Å². The molecule has 0 unspecified atom stereocenters. The topological polar surface area (TPSA) is 70.3 Å². The van der Waals surface area contributed by atoms with Gasteiger partial charge in [0.15, 0.2) is 0 Å². The largest absolute Gasteiger partial charge is 0.478 e. The molecule has 1 N–H and O–H groups in total. The molecule has 1 aromatic rings. The first kappa shape index (κ1) is 13.4. The Morgan fingerprint density at radius 1 is 1.59 bits per heavy atom. The summed E-state index contributed by atoms with van der Waals surface area (Å²) in [6, 6.07) is 4.23. The lowest BCUT2D eigenvalue weighted by molar-refractivity contribution is -0.0508. The molecule has 0 saturated heterocycles. The molecule has 0 bridgehead atoms. The van der Waals surface area contributed by atoms with Crippen LogP contribution in [-0.2, 0) is 5.33 Å². The normalized spacial score (nSPS) is 10.1. The maximum Gasteiger partial charge on any atom is 0.387 e. The van der Waals surface area contributed by atoms with Gasteiger partial charge in [-0.05, 0) is 6.07 Å². The number of carboxylic acid groups (broad SMARTS) is 1. The highest BCUT2D eigenvalue weighted by Crippen LogP contribution is 2.30. The fraction of sp³-hybridized carbons (Fsp3) is 0.200. The van der Waals surface area contributed by atoms with Crippen LogP contribution >= 0.6 is 15.9 Å². The summed E-state index contributed by atoms with van der Waals surface area (Å²) in [4.78, 5) is 11.0. The zero-order valence-corrected chi connectivity index (χ0v) is 9.87. The summed E-state index contributed by atoms with van der Waals surface area (Å²) >= 11 is 3.03. The van der Waals surface area contributed by atoms with E-state index in [2.05, 4.69) is 20.7 Å². The van der Waals surface area contributed by atoms with Crippen LogP contribution in [0, 0.1) is 11.3 Å². The molecule has 0 aliphatic heterocycles. The van der Waals surface area contributed by atoms with Gasteiger partial charge < -0.3 is 9.84 Å². The molecule has 1 rings (SSSR count). The number of carboxylic acids is 1. The van der Waals surface area contributed by atoms with Crippen LogP contribution in [0.25, 0.3) is 0 Å². The summed E-state index contributed by atoms with van der Waals surface area (Å²) < 4.78 is 28.6. The van der Waals surface area contributed by atoms with Gasteiger partial charge >= 0.3 is 12.6 Å². The molecule has 7 heteroatoms. The van der Waals surface area contributed by atoms with Crippen LogP contribution in [0.5, 0.6) is 5.75 Å². The zero-order valence-electron chi connectivity index (χ0n) is 8.28. The number of hydrogen-bond donors (Lipinski definition) is 1. The Morgan fingerprint density at radius 2 is 2.24 bits per heavy atom. The van der Waals surface area contributed by atoms with Gasteiger partial charge in [0.05, 0.1) is 5.56 Å². The van der Waals surface area contributed by atoms with E-state index in [1.54, 1.807) is 6.07 Å². The molecule has 0 atom stereocenters. The molecule has 0 aromatic heterocycles. The van der Waals surface area contributed by atoms with E-state index in [-0.39, 0.29) is 16.5 Å². The number of ether oxygens (including phenoxy) is 1. The van der Waals surface area contributed by atoms with E-state index in [1.165, 1.54) is 12.1 Å². The van der Waals surface area contributed by atoms with E-state index in [1.807, 2.05) is 0 Å². The first-order chi connectivity index (χ1) is 8.01. The second-order valence-electron chi connectivity index (χ2n) is 2.91. The third kappa shape index (κ3) is 2.91. The minimum Gasteiger partial charge on any atom is -0.478 e. The van der Waals surface area contributed by atoms with Crippen molar-refractivity contribution in [2.75, 3.05) is 0 Å². The molecule has 0 saturated carbocycles. The monoisotopic (exact) mass is 305 g/mol. The van der Waals surface area contributed by atoms with Crippen molar-refractivity contribution >= 4 is 21.9 Å². The van der Waals surface area contributed by atoms with Crippen molar-refractivity contribution in [3.63, 3.8) is 0 Å². The Bertz CT molecular complexity index is 485. The van der Waals surface area contributed by atoms with Crippen molar-refractivity contribution in [2.24, 2.45) is 0 Å². The number of alkyl halides is 3. The van der Waals surface area contributed by atoms with Gasteiger partial charge in [0.25, 0.3) is 0 Å². The molecule has 17 heavy (non-hydrogen) atoms. The van der Waals surface area contributed by atoms with Crippen LogP contribution in [0.3, 0.4) is 0 Å². The maximum atomic E-state index is 12.2. The van der Waals surface area contributed by atoms with E-state index >= 15 is 0 Å². The molecule has 0 amide bonds. The Kier molecular flexibility index (Phi) is 4.40. The van der Waals surface area contributed by atoms with Crippen LogP contribution in [0.2, 0.25) is 0 Å². The number of halogens is 3. The van der Waals surface area contributed by atoms with Crippen LogP contribution < -0.4 is 4.74 Å². The SMILES string of the molecule is N#Cc1ccc(CBr)c(OC(F)F)c1C(=O)O. The molecule has 1 aromatic carbocycles. The van der Waals surface area contributed by atoms with Gasteiger partial charge in [0.1, 0.15) is 17.4 Å². The molecular weight excluding hydrogens is 300 g/mol. The number of hydrogen-bond acceptors (Lipinski definition) is 3. The van der Waals surface area contributed by atoms with Crippen LogP contribution in [0.1, 0.15) is 21.5 Å². The molecule has 0 heterocycles. The molecule has 0 fully saturated rings. The summed E-state index contributed by atoms with van der Waals surface area (Å²) in [5, 5.41) is 17.8. The van der Waals surface area contributed by atoms with Gasteiger partial charge in [-0.25, -0.2) is 4.79 Å². The Morgan fingerprint density at radius 3 is 2.65 bits per heavy atom.